The molecule has 5 rings (SSSR count). The molecule has 0 amide bonds. The third-order valence-electron chi connectivity index (χ3n) is 8.94. The smallest absolute Gasteiger partial charge is 0.311 e. The molecule has 2 saturated carbocycles. The van der Waals surface area contributed by atoms with Gasteiger partial charge < -0.3 is 19.7 Å². The minimum atomic E-state index is -0.116. The highest BCUT2D eigenvalue weighted by Crippen LogP contribution is 2.62. The Kier molecular flexibility index (Phi) is 4.15. The van der Waals surface area contributed by atoms with Crippen molar-refractivity contribution in [2.45, 2.75) is 69.7 Å². The summed E-state index contributed by atoms with van der Waals surface area (Å²) in [5, 5.41) is 4.11. The van der Waals surface area contributed by atoms with Gasteiger partial charge in [-0.15, -0.1) is 0 Å². The van der Waals surface area contributed by atoms with Crippen molar-refractivity contribution in [3.63, 3.8) is 0 Å². The fourth-order valence-corrected chi connectivity index (χ4v) is 7.94. The molecule has 0 aromatic carbocycles. The molecule has 1 N–H and O–H groups in total. The summed E-state index contributed by atoms with van der Waals surface area (Å²) in [5.74, 6) is 1.45. The van der Waals surface area contributed by atoms with Crippen LogP contribution in [0.5, 0.6) is 0 Å². The summed E-state index contributed by atoms with van der Waals surface area (Å²) in [6.07, 6.45) is 7.88. The number of carbonyl (C=O) groups excluding carboxylic acids is 1. The zero-order chi connectivity index (χ0) is 18.1. The molecule has 9 atom stereocenters. The first-order chi connectivity index (χ1) is 12.6. The highest BCUT2D eigenvalue weighted by Gasteiger charge is 2.68. The van der Waals surface area contributed by atoms with Gasteiger partial charge in [0.1, 0.15) is 0 Å². The fourth-order valence-electron chi connectivity index (χ4n) is 7.94. The van der Waals surface area contributed by atoms with E-state index in [0.29, 0.717) is 35.4 Å². The molecule has 0 aromatic heterocycles. The molecule has 146 valence electrons. The second-order valence-corrected chi connectivity index (χ2v) is 9.65. The molecule has 2 aliphatic carbocycles. The highest BCUT2D eigenvalue weighted by atomic mass is 16.5. The Morgan fingerprint density at radius 2 is 2.08 bits per heavy atom. The number of methoxy groups -OCH3 is 1. The van der Waals surface area contributed by atoms with Gasteiger partial charge in [0.2, 0.25) is 0 Å². The Morgan fingerprint density at radius 3 is 2.88 bits per heavy atom. The molecule has 0 radical (unpaired) electrons. The number of nitrogens with zero attached hydrogens (tertiary/aromatic N) is 1. The van der Waals surface area contributed by atoms with E-state index in [2.05, 4.69) is 24.2 Å². The summed E-state index contributed by atoms with van der Waals surface area (Å²) in [7, 11) is 3.83. The van der Waals surface area contributed by atoms with Crippen LogP contribution in [0.2, 0.25) is 0 Å². The van der Waals surface area contributed by atoms with Crippen LogP contribution in [0.3, 0.4) is 0 Å². The number of likely N-dealkylation sites (tertiary alicyclic amines) is 1. The lowest BCUT2D eigenvalue weighted by atomic mass is 9.52. The third-order valence-corrected chi connectivity index (χ3v) is 8.94. The lowest BCUT2D eigenvalue weighted by Crippen LogP contribution is -2.63. The van der Waals surface area contributed by atoms with Crippen molar-refractivity contribution in [1.29, 1.82) is 0 Å². The standard InChI is InChI=1S/C21H34N2O3/c1-12-18(20(24)25-3)13-10-17-21(8-9-23(17)2)15-6-4-5-7-16(15)22-19(21)14(13)11-26-12/h12-19,22H,4-11H2,1-3H3/t12-,13-,14-,15?,16?,17+,18+,19+,21-/m1/s1. The van der Waals surface area contributed by atoms with E-state index >= 15 is 0 Å². The predicted octanol–water partition coefficient (Wildman–Crippen LogP) is 2.05. The van der Waals surface area contributed by atoms with E-state index in [-0.39, 0.29) is 18.0 Å². The van der Waals surface area contributed by atoms with Crippen molar-refractivity contribution in [2.75, 3.05) is 27.3 Å². The van der Waals surface area contributed by atoms with E-state index < -0.39 is 0 Å². The molecule has 0 aromatic rings. The second kappa shape index (κ2) is 6.18. The predicted molar refractivity (Wildman–Crippen MR) is 98.7 cm³/mol. The number of rotatable bonds is 1. The summed E-state index contributed by atoms with van der Waals surface area (Å²) in [6, 6.07) is 1.79. The van der Waals surface area contributed by atoms with Gasteiger partial charge in [0.15, 0.2) is 0 Å². The van der Waals surface area contributed by atoms with Gasteiger partial charge >= 0.3 is 5.97 Å². The molecule has 3 aliphatic heterocycles. The molecule has 3 heterocycles. The molecule has 26 heavy (non-hydrogen) atoms. The zero-order valence-corrected chi connectivity index (χ0v) is 16.4. The van der Waals surface area contributed by atoms with Crippen LogP contribution in [0.1, 0.15) is 45.4 Å². The molecule has 5 heteroatoms. The molecular formula is C21H34N2O3. The average molecular weight is 363 g/mol. The normalized spacial score (nSPS) is 53.3. The van der Waals surface area contributed by atoms with Crippen LogP contribution >= 0.6 is 0 Å². The maximum absolute atomic E-state index is 12.6. The fraction of sp³-hybridized carbons (Fsp3) is 0.952. The van der Waals surface area contributed by atoms with Gasteiger partial charge in [-0.05, 0) is 58.0 Å². The number of fused-ring (bicyclic) bond motifs is 3. The van der Waals surface area contributed by atoms with E-state index in [1.807, 2.05) is 0 Å². The highest BCUT2D eigenvalue weighted by molar-refractivity contribution is 5.73. The summed E-state index contributed by atoms with van der Waals surface area (Å²) in [4.78, 5) is 15.2. The molecule has 0 bridgehead atoms. The van der Waals surface area contributed by atoms with Crippen molar-refractivity contribution < 1.29 is 14.3 Å². The van der Waals surface area contributed by atoms with E-state index in [1.54, 1.807) is 0 Å². The van der Waals surface area contributed by atoms with Crippen LogP contribution in [0.15, 0.2) is 0 Å². The Balaban J connectivity index is 1.54. The van der Waals surface area contributed by atoms with E-state index in [0.717, 1.165) is 18.9 Å². The monoisotopic (exact) mass is 362 g/mol. The first-order valence-corrected chi connectivity index (χ1v) is 10.7. The lowest BCUT2D eigenvalue weighted by molar-refractivity contribution is -0.176. The summed E-state index contributed by atoms with van der Waals surface area (Å²) in [6.45, 7) is 4.05. The molecule has 3 saturated heterocycles. The van der Waals surface area contributed by atoms with Gasteiger partial charge in [-0.1, -0.05) is 12.8 Å². The van der Waals surface area contributed by atoms with Crippen LogP contribution < -0.4 is 5.32 Å². The summed E-state index contributed by atoms with van der Waals surface area (Å²) < 4.78 is 11.4. The molecule has 1 spiro atoms. The Hall–Kier alpha value is -0.650. The van der Waals surface area contributed by atoms with Crippen molar-refractivity contribution in [1.82, 2.24) is 10.2 Å². The van der Waals surface area contributed by atoms with Gasteiger partial charge in [-0.25, -0.2) is 0 Å². The minimum Gasteiger partial charge on any atom is -0.469 e. The molecule has 2 unspecified atom stereocenters. The Morgan fingerprint density at radius 1 is 1.27 bits per heavy atom. The van der Waals surface area contributed by atoms with Gasteiger partial charge in [0, 0.05) is 29.5 Å². The number of hydrogen-bond acceptors (Lipinski definition) is 5. The number of esters is 1. The largest absolute Gasteiger partial charge is 0.469 e. The minimum absolute atomic E-state index is 0.0356. The number of carbonyl (C=O) groups is 1. The SMILES string of the molecule is COC(=O)[C@@H]1[C@@H]2C[C@@H]3N(C)CC[C@@]34C3CCCCC3N[C@H]4[C@@H]2CO[C@@H]1C. The van der Waals surface area contributed by atoms with E-state index in [1.165, 1.54) is 45.8 Å². The lowest BCUT2D eigenvalue weighted by Gasteiger charge is -2.56. The Bertz CT molecular complexity index is 584. The van der Waals surface area contributed by atoms with Crippen LogP contribution in [0, 0.1) is 29.1 Å². The molecular weight excluding hydrogens is 328 g/mol. The van der Waals surface area contributed by atoms with Crippen molar-refractivity contribution in [2.24, 2.45) is 29.1 Å². The first kappa shape index (κ1) is 17.4. The number of nitrogens with one attached hydrogen (secondary N) is 1. The van der Waals surface area contributed by atoms with Gasteiger partial charge in [0.05, 0.1) is 25.7 Å². The average Bonchev–Trinajstić information content (AvgIpc) is 3.17. The van der Waals surface area contributed by atoms with Crippen LogP contribution in [0.25, 0.3) is 0 Å². The molecule has 5 nitrogen and oxygen atoms in total. The molecule has 5 aliphatic rings. The maximum atomic E-state index is 12.6. The van der Waals surface area contributed by atoms with Crippen LogP contribution in [-0.4, -0.2) is 62.4 Å². The number of ether oxygens (including phenoxy) is 2. The topological polar surface area (TPSA) is 50.8 Å². The zero-order valence-electron chi connectivity index (χ0n) is 16.4. The maximum Gasteiger partial charge on any atom is 0.311 e. The van der Waals surface area contributed by atoms with Crippen LogP contribution in [0.4, 0.5) is 0 Å². The van der Waals surface area contributed by atoms with Crippen molar-refractivity contribution in [3.05, 3.63) is 0 Å². The summed E-state index contributed by atoms with van der Waals surface area (Å²) >= 11 is 0. The van der Waals surface area contributed by atoms with E-state index in [4.69, 9.17) is 9.47 Å². The van der Waals surface area contributed by atoms with Crippen molar-refractivity contribution in [3.8, 4) is 0 Å². The quantitative estimate of drug-likeness (QED) is 0.724. The Labute approximate surface area is 157 Å². The summed E-state index contributed by atoms with van der Waals surface area (Å²) in [5.41, 5.74) is 0.394. The van der Waals surface area contributed by atoms with Gasteiger partial charge in [0.25, 0.3) is 0 Å². The van der Waals surface area contributed by atoms with Gasteiger partial charge in [-0.2, -0.15) is 0 Å². The first-order valence-electron chi connectivity index (χ1n) is 10.7. The van der Waals surface area contributed by atoms with Crippen LogP contribution in [-0.2, 0) is 14.3 Å². The van der Waals surface area contributed by atoms with Gasteiger partial charge in [-0.3, -0.25) is 4.79 Å². The second-order valence-electron chi connectivity index (χ2n) is 9.65. The molecule has 5 fully saturated rings. The van der Waals surface area contributed by atoms with E-state index in [9.17, 15) is 4.79 Å². The third kappa shape index (κ3) is 2.17. The number of hydrogen-bond donors (Lipinski definition) is 1. The van der Waals surface area contributed by atoms with Crippen molar-refractivity contribution >= 4 is 5.97 Å².